The number of carbonyl (C=O) groups excluding carboxylic acids is 1. The van der Waals surface area contributed by atoms with Gasteiger partial charge < -0.3 is 10.0 Å². The van der Waals surface area contributed by atoms with Gasteiger partial charge in [0.05, 0.1) is 23.2 Å². The Bertz CT molecular complexity index is 466. The first kappa shape index (κ1) is 13.3. The molecule has 5 heteroatoms. The Morgan fingerprint density at radius 2 is 2.33 bits per heavy atom. The standard InChI is InChI=1S/C13H15ClFNO2/c1-8-4-5-16(12(8)7-17)13(18)10-3-2-9(15)6-11(10)14/h2-3,6,8,12,17H,4-5,7H2,1H3. The van der Waals surface area contributed by atoms with Crippen LogP contribution in [0.1, 0.15) is 23.7 Å². The molecule has 1 aromatic carbocycles. The molecular weight excluding hydrogens is 257 g/mol. The van der Waals surface area contributed by atoms with E-state index in [1.165, 1.54) is 12.1 Å². The smallest absolute Gasteiger partial charge is 0.255 e. The Hall–Kier alpha value is -1.13. The van der Waals surface area contributed by atoms with Crippen LogP contribution in [0.25, 0.3) is 0 Å². The number of hydrogen-bond acceptors (Lipinski definition) is 2. The van der Waals surface area contributed by atoms with E-state index >= 15 is 0 Å². The highest BCUT2D eigenvalue weighted by Gasteiger charge is 2.34. The van der Waals surface area contributed by atoms with Crippen molar-refractivity contribution in [2.24, 2.45) is 5.92 Å². The fraction of sp³-hybridized carbons (Fsp3) is 0.462. The van der Waals surface area contributed by atoms with Gasteiger partial charge in [0, 0.05) is 6.54 Å². The Morgan fingerprint density at radius 3 is 2.94 bits per heavy atom. The van der Waals surface area contributed by atoms with Crippen LogP contribution in [0.2, 0.25) is 5.02 Å². The first-order chi connectivity index (χ1) is 8.54. The SMILES string of the molecule is CC1CCN(C(=O)c2ccc(F)cc2Cl)C1CO. The van der Waals surface area contributed by atoms with Crippen molar-refractivity contribution in [3.05, 3.63) is 34.6 Å². The normalized spacial score (nSPS) is 23.4. The molecule has 1 N–H and O–H groups in total. The molecule has 0 aromatic heterocycles. The summed E-state index contributed by atoms with van der Waals surface area (Å²) < 4.78 is 12.9. The summed E-state index contributed by atoms with van der Waals surface area (Å²) in [4.78, 5) is 13.9. The molecular formula is C13H15ClFNO2. The van der Waals surface area contributed by atoms with Crippen molar-refractivity contribution in [1.82, 2.24) is 4.90 Å². The molecule has 2 atom stereocenters. The number of benzene rings is 1. The number of nitrogens with zero attached hydrogens (tertiary/aromatic N) is 1. The number of halogens is 2. The van der Waals surface area contributed by atoms with Gasteiger partial charge in [0.1, 0.15) is 5.82 Å². The summed E-state index contributed by atoms with van der Waals surface area (Å²) in [6.45, 7) is 2.53. The molecule has 1 aliphatic heterocycles. The van der Waals surface area contributed by atoms with Crippen LogP contribution in [0.15, 0.2) is 18.2 Å². The molecule has 18 heavy (non-hydrogen) atoms. The van der Waals surface area contributed by atoms with E-state index in [2.05, 4.69) is 0 Å². The van der Waals surface area contributed by atoms with Gasteiger partial charge in [-0.2, -0.15) is 0 Å². The minimum absolute atomic E-state index is 0.0638. The largest absolute Gasteiger partial charge is 0.394 e. The van der Waals surface area contributed by atoms with E-state index in [1.54, 1.807) is 4.90 Å². The van der Waals surface area contributed by atoms with Gasteiger partial charge in [-0.15, -0.1) is 0 Å². The monoisotopic (exact) mass is 271 g/mol. The van der Waals surface area contributed by atoms with Gasteiger partial charge in [-0.1, -0.05) is 18.5 Å². The molecule has 1 amide bonds. The predicted molar refractivity (Wildman–Crippen MR) is 67.1 cm³/mol. The number of aliphatic hydroxyl groups excluding tert-OH is 1. The number of amides is 1. The number of likely N-dealkylation sites (tertiary alicyclic amines) is 1. The van der Waals surface area contributed by atoms with Gasteiger partial charge in [0.2, 0.25) is 0 Å². The van der Waals surface area contributed by atoms with Gasteiger partial charge in [-0.25, -0.2) is 4.39 Å². The predicted octanol–water partition coefficient (Wildman–Crippen LogP) is 2.32. The lowest BCUT2D eigenvalue weighted by atomic mass is 10.0. The second-order valence-electron chi connectivity index (χ2n) is 4.64. The molecule has 2 unspecified atom stereocenters. The number of rotatable bonds is 2. The van der Waals surface area contributed by atoms with E-state index in [0.717, 1.165) is 12.5 Å². The van der Waals surface area contributed by atoms with Crippen molar-refractivity contribution in [1.29, 1.82) is 0 Å². The van der Waals surface area contributed by atoms with E-state index in [4.69, 9.17) is 11.6 Å². The average Bonchev–Trinajstić information content (AvgIpc) is 2.69. The summed E-state index contributed by atoms with van der Waals surface area (Å²) in [6, 6.07) is 3.55. The maximum absolute atomic E-state index is 12.9. The summed E-state index contributed by atoms with van der Waals surface area (Å²) in [5.41, 5.74) is 0.283. The van der Waals surface area contributed by atoms with Gasteiger partial charge in [0.25, 0.3) is 5.91 Å². The Labute approximate surface area is 110 Å². The molecule has 3 nitrogen and oxygen atoms in total. The van der Waals surface area contributed by atoms with Crippen molar-refractivity contribution >= 4 is 17.5 Å². The zero-order chi connectivity index (χ0) is 13.3. The molecule has 0 spiro atoms. The Balaban J connectivity index is 2.26. The molecule has 0 saturated carbocycles. The zero-order valence-corrected chi connectivity index (χ0v) is 10.8. The van der Waals surface area contributed by atoms with Gasteiger partial charge >= 0.3 is 0 Å². The fourth-order valence-electron chi connectivity index (χ4n) is 2.36. The molecule has 1 aromatic rings. The quantitative estimate of drug-likeness (QED) is 0.897. The Kier molecular flexibility index (Phi) is 3.88. The van der Waals surface area contributed by atoms with Crippen LogP contribution < -0.4 is 0 Å². The second-order valence-corrected chi connectivity index (χ2v) is 5.05. The van der Waals surface area contributed by atoms with Crippen molar-refractivity contribution in [3.63, 3.8) is 0 Å². The lowest BCUT2D eigenvalue weighted by Gasteiger charge is -2.25. The number of hydrogen-bond donors (Lipinski definition) is 1. The Morgan fingerprint density at radius 1 is 1.61 bits per heavy atom. The third-order valence-electron chi connectivity index (χ3n) is 3.49. The maximum Gasteiger partial charge on any atom is 0.255 e. The van der Waals surface area contributed by atoms with E-state index in [1.807, 2.05) is 6.92 Å². The summed E-state index contributed by atoms with van der Waals surface area (Å²) in [7, 11) is 0. The third kappa shape index (κ3) is 2.35. The van der Waals surface area contributed by atoms with Crippen LogP contribution in [0.5, 0.6) is 0 Å². The maximum atomic E-state index is 12.9. The molecule has 1 fully saturated rings. The van der Waals surface area contributed by atoms with Crippen molar-refractivity contribution in [2.45, 2.75) is 19.4 Å². The van der Waals surface area contributed by atoms with Crippen molar-refractivity contribution in [2.75, 3.05) is 13.2 Å². The molecule has 0 aliphatic carbocycles. The van der Waals surface area contributed by atoms with E-state index in [9.17, 15) is 14.3 Å². The molecule has 2 rings (SSSR count). The molecule has 1 heterocycles. The van der Waals surface area contributed by atoms with Crippen LogP contribution >= 0.6 is 11.6 Å². The molecule has 1 aliphatic rings. The molecule has 1 saturated heterocycles. The van der Waals surface area contributed by atoms with E-state index in [0.29, 0.717) is 6.54 Å². The van der Waals surface area contributed by atoms with Gasteiger partial charge in [-0.3, -0.25) is 4.79 Å². The third-order valence-corrected chi connectivity index (χ3v) is 3.80. The highest BCUT2D eigenvalue weighted by molar-refractivity contribution is 6.33. The van der Waals surface area contributed by atoms with Gasteiger partial charge in [-0.05, 0) is 30.5 Å². The van der Waals surface area contributed by atoms with Crippen LogP contribution in [-0.4, -0.2) is 35.1 Å². The molecule has 98 valence electrons. The lowest BCUT2D eigenvalue weighted by molar-refractivity contribution is 0.0648. The number of carbonyl (C=O) groups is 1. The van der Waals surface area contributed by atoms with E-state index < -0.39 is 5.82 Å². The summed E-state index contributed by atoms with van der Waals surface area (Å²) in [5, 5.41) is 9.44. The van der Waals surface area contributed by atoms with Crippen LogP contribution in [0, 0.1) is 11.7 Å². The summed E-state index contributed by atoms with van der Waals surface area (Å²) in [5.74, 6) is -0.452. The summed E-state index contributed by atoms with van der Waals surface area (Å²) >= 11 is 5.88. The van der Waals surface area contributed by atoms with Crippen molar-refractivity contribution in [3.8, 4) is 0 Å². The van der Waals surface area contributed by atoms with Crippen molar-refractivity contribution < 1.29 is 14.3 Å². The highest BCUT2D eigenvalue weighted by atomic mass is 35.5. The average molecular weight is 272 g/mol. The van der Waals surface area contributed by atoms with Crippen LogP contribution in [0.4, 0.5) is 4.39 Å². The first-order valence-electron chi connectivity index (χ1n) is 5.91. The minimum Gasteiger partial charge on any atom is -0.394 e. The number of aliphatic hydroxyl groups is 1. The topological polar surface area (TPSA) is 40.5 Å². The fourth-order valence-corrected chi connectivity index (χ4v) is 2.60. The second kappa shape index (κ2) is 5.24. The highest BCUT2D eigenvalue weighted by Crippen LogP contribution is 2.27. The van der Waals surface area contributed by atoms with Crippen LogP contribution in [-0.2, 0) is 0 Å². The zero-order valence-electron chi connectivity index (χ0n) is 10.1. The van der Waals surface area contributed by atoms with Gasteiger partial charge in [0.15, 0.2) is 0 Å². The first-order valence-corrected chi connectivity index (χ1v) is 6.29. The lowest BCUT2D eigenvalue weighted by Crippen LogP contribution is -2.39. The molecule has 0 bridgehead atoms. The summed E-state index contributed by atoms with van der Waals surface area (Å²) in [6.07, 6.45) is 0.857. The minimum atomic E-state index is -0.468. The van der Waals surface area contributed by atoms with Crippen LogP contribution in [0.3, 0.4) is 0 Å². The molecule has 0 radical (unpaired) electrons. The van der Waals surface area contributed by atoms with E-state index in [-0.39, 0.29) is 35.1 Å².